The summed E-state index contributed by atoms with van der Waals surface area (Å²) in [5, 5.41) is 3.22. The highest BCUT2D eigenvalue weighted by atomic mass is 79.9. The summed E-state index contributed by atoms with van der Waals surface area (Å²) < 4.78 is 1.09. The smallest absolute Gasteiger partial charge is 0.223 e. The van der Waals surface area contributed by atoms with Crippen LogP contribution in [0.4, 0.5) is 0 Å². The Morgan fingerprint density at radius 2 is 2.14 bits per heavy atom. The molecule has 1 amide bonds. The van der Waals surface area contributed by atoms with Crippen LogP contribution in [0.15, 0.2) is 33.6 Å². The average Bonchev–Trinajstić information content (AvgIpc) is 2.50. The van der Waals surface area contributed by atoms with Gasteiger partial charge in [0.15, 0.2) is 0 Å². The van der Waals surface area contributed by atoms with Gasteiger partial charge in [0, 0.05) is 34.6 Å². The molecule has 1 aliphatic rings. The fraction of sp³-hybridized carbons (Fsp3) is 0.562. The quantitative estimate of drug-likeness (QED) is 0.728. The highest BCUT2D eigenvalue weighted by Crippen LogP contribution is 2.22. The standard InChI is InChI=1S/C16H23BrN2OS.ClH/c1-18-11-13-3-2-9-19(12-13)16(20)8-10-21-15-6-4-14(17)5-7-15;/h4-7,13,18H,2-3,8-12H2,1H3;1H. The summed E-state index contributed by atoms with van der Waals surface area (Å²) in [6, 6.07) is 8.25. The maximum atomic E-state index is 12.3. The molecule has 0 aliphatic carbocycles. The van der Waals surface area contributed by atoms with Crippen molar-refractivity contribution >= 4 is 46.0 Å². The van der Waals surface area contributed by atoms with Gasteiger partial charge in [-0.1, -0.05) is 15.9 Å². The Morgan fingerprint density at radius 3 is 2.82 bits per heavy atom. The predicted octanol–water partition coefficient (Wildman–Crippen LogP) is 3.81. The summed E-state index contributed by atoms with van der Waals surface area (Å²) in [6.07, 6.45) is 3.00. The number of benzene rings is 1. The molecular weight excluding hydrogens is 384 g/mol. The molecule has 1 fully saturated rings. The Bertz CT molecular complexity index is 456. The van der Waals surface area contributed by atoms with E-state index in [1.807, 2.05) is 24.1 Å². The number of amides is 1. The minimum atomic E-state index is 0. The minimum Gasteiger partial charge on any atom is -0.342 e. The lowest BCUT2D eigenvalue weighted by Gasteiger charge is -2.32. The molecule has 0 spiro atoms. The lowest BCUT2D eigenvalue weighted by atomic mass is 9.98. The second kappa shape index (κ2) is 10.5. The number of carbonyl (C=O) groups is 1. The Hall–Kier alpha value is -0.230. The number of hydrogen-bond donors (Lipinski definition) is 1. The van der Waals surface area contributed by atoms with Crippen LogP contribution in [0.25, 0.3) is 0 Å². The molecule has 1 atom stereocenters. The molecule has 22 heavy (non-hydrogen) atoms. The molecule has 1 aliphatic heterocycles. The molecule has 1 heterocycles. The van der Waals surface area contributed by atoms with Crippen LogP contribution >= 0.6 is 40.1 Å². The Balaban J connectivity index is 0.00000242. The van der Waals surface area contributed by atoms with Gasteiger partial charge in [0.25, 0.3) is 0 Å². The van der Waals surface area contributed by atoms with Crippen LogP contribution in [-0.2, 0) is 4.79 Å². The zero-order valence-electron chi connectivity index (χ0n) is 12.9. The molecule has 6 heteroatoms. The van der Waals surface area contributed by atoms with Gasteiger partial charge in [-0.15, -0.1) is 24.2 Å². The van der Waals surface area contributed by atoms with E-state index in [1.54, 1.807) is 11.8 Å². The van der Waals surface area contributed by atoms with Crippen LogP contribution in [0.3, 0.4) is 0 Å². The van der Waals surface area contributed by atoms with Gasteiger partial charge in [0.1, 0.15) is 0 Å². The molecular formula is C16H24BrClN2OS. The second-order valence-corrected chi connectivity index (χ2v) is 7.54. The molecule has 2 rings (SSSR count). The number of rotatable bonds is 6. The first-order valence-corrected chi connectivity index (χ1v) is 9.27. The van der Waals surface area contributed by atoms with Crippen LogP contribution in [0, 0.1) is 5.92 Å². The third-order valence-corrected chi connectivity index (χ3v) is 5.31. The molecule has 124 valence electrons. The number of nitrogens with zero attached hydrogens (tertiary/aromatic N) is 1. The zero-order chi connectivity index (χ0) is 15.1. The third-order valence-electron chi connectivity index (χ3n) is 3.76. The minimum absolute atomic E-state index is 0. The van der Waals surface area contributed by atoms with Crippen molar-refractivity contribution in [3.05, 3.63) is 28.7 Å². The van der Waals surface area contributed by atoms with E-state index in [2.05, 4.69) is 33.4 Å². The van der Waals surface area contributed by atoms with E-state index in [4.69, 9.17) is 0 Å². The van der Waals surface area contributed by atoms with Gasteiger partial charge in [-0.2, -0.15) is 0 Å². The summed E-state index contributed by atoms with van der Waals surface area (Å²) >= 11 is 5.18. The van der Waals surface area contributed by atoms with Gasteiger partial charge in [-0.05, 0) is 56.6 Å². The van der Waals surface area contributed by atoms with Crippen molar-refractivity contribution in [2.75, 3.05) is 32.4 Å². The van der Waals surface area contributed by atoms with Crippen molar-refractivity contribution in [1.29, 1.82) is 0 Å². The largest absolute Gasteiger partial charge is 0.342 e. The van der Waals surface area contributed by atoms with Gasteiger partial charge >= 0.3 is 0 Å². The number of carbonyl (C=O) groups excluding carboxylic acids is 1. The number of piperidine rings is 1. The first kappa shape index (κ1) is 19.8. The van der Waals surface area contributed by atoms with E-state index < -0.39 is 0 Å². The number of hydrogen-bond acceptors (Lipinski definition) is 3. The molecule has 0 bridgehead atoms. The Morgan fingerprint density at radius 1 is 1.41 bits per heavy atom. The van der Waals surface area contributed by atoms with Gasteiger partial charge in [-0.3, -0.25) is 4.79 Å². The highest BCUT2D eigenvalue weighted by molar-refractivity contribution is 9.10. The van der Waals surface area contributed by atoms with Crippen LogP contribution in [0.1, 0.15) is 19.3 Å². The number of nitrogens with one attached hydrogen (secondary N) is 1. The van der Waals surface area contributed by atoms with Crippen molar-refractivity contribution < 1.29 is 4.79 Å². The van der Waals surface area contributed by atoms with Crippen molar-refractivity contribution in [2.24, 2.45) is 5.92 Å². The van der Waals surface area contributed by atoms with Gasteiger partial charge in [0.05, 0.1) is 0 Å². The van der Waals surface area contributed by atoms with E-state index in [0.717, 1.165) is 36.3 Å². The second-order valence-electron chi connectivity index (χ2n) is 5.46. The van der Waals surface area contributed by atoms with Crippen molar-refractivity contribution in [3.63, 3.8) is 0 Å². The maximum Gasteiger partial charge on any atom is 0.223 e. The first-order valence-electron chi connectivity index (χ1n) is 7.50. The summed E-state index contributed by atoms with van der Waals surface area (Å²) in [5.41, 5.74) is 0. The number of halogens is 2. The third kappa shape index (κ3) is 6.49. The van der Waals surface area contributed by atoms with Gasteiger partial charge < -0.3 is 10.2 Å². The monoisotopic (exact) mass is 406 g/mol. The highest BCUT2D eigenvalue weighted by Gasteiger charge is 2.22. The van der Waals surface area contributed by atoms with Crippen molar-refractivity contribution in [2.45, 2.75) is 24.2 Å². The van der Waals surface area contributed by atoms with E-state index in [1.165, 1.54) is 11.3 Å². The lowest BCUT2D eigenvalue weighted by Crippen LogP contribution is -2.42. The summed E-state index contributed by atoms with van der Waals surface area (Å²) in [6.45, 7) is 2.86. The molecule has 1 aromatic carbocycles. The summed E-state index contributed by atoms with van der Waals surface area (Å²) in [4.78, 5) is 15.5. The maximum absolute atomic E-state index is 12.3. The fourth-order valence-electron chi connectivity index (χ4n) is 2.69. The molecule has 1 N–H and O–H groups in total. The Labute approximate surface area is 152 Å². The van der Waals surface area contributed by atoms with E-state index in [0.29, 0.717) is 18.2 Å². The molecule has 1 saturated heterocycles. The zero-order valence-corrected chi connectivity index (χ0v) is 16.1. The number of likely N-dealkylation sites (tertiary alicyclic amines) is 1. The van der Waals surface area contributed by atoms with Gasteiger partial charge in [0.2, 0.25) is 5.91 Å². The lowest BCUT2D eigenvalue weighted by molar-refractivity contribution is -0.132. The number of thioether (sulfide) groups is 1. The van der Waals surface area contributed by atoms with E-state index in [9.17, 15) is 4.79 Å². The van der Waals surface area contributed by atoms with Crippen molar-refractivity contribution in [1.82, 2.24) is 10.2 Å². The SMILES string of the molecule is CNCC1CCCN(C(=O)CCSc2ccc(Br)cc2)C1.Cl. The Kier molecular flexibility index (Phi) is 9.48. The topological polar surface area (TPSA) is 32.3 Å². The van der Waals surface area contributed by atoms with Gasteiger partial charge in [-0.25, -0.2) is 0 Å². The van der Waals surface area contributed by atoms with E-state index in [-0.39, 0.29) is 12.4 Å². The molecule has 0 radical (unpaired) electrons. The summed E-state index contributed by atoms with van der Waals surface area (Å²) in [5.74, 6) is 1.78. The normalized spacial score (nSPS) is 17.9. The molecule has 0 aromatic heterocycles. The predicted molar refractivity (Wildman–Crippen MR) is 100.0 cm³/mol. The van der Waals surface area contributed by atoms with Crippen LogP contribution in [0.5, 0.6) is 0 Å². The van der Waals surface area contributed by atoms with E-state index >= 15 is 0 Å². The van der Waals surface area contributed by atoms with Crippen LogP contribution in [-0.4, -0.2) is 43.2 Å². The summed E-state index contributed by atoms with van der Waals surface area (Å²) in [7, 11) is 1.98. The molecule has 1 unspecified atom stereocenters. The molecule has 1 aromatic rings. The molecule has 0 saturated carbocycles. The van der Waals surface area contributed by atoms with Crippen LogP contribution in [0.2, 0.25) is 0 Å². The fourth-order valence-corrected chi connectivity index (χ4v) is 3.80. The average molecular weight is 408 g/mol. The van der Waals surface area contributed by atoms with Crippen molar-refractivity contribution in [3.8, 4) is 0 Å². The first-order chi connectivity index (χ1) is 10.2. The molecule has 3 nitrogen and oxygen atoms in total. The van der Waals surface area contributed by atoms with Crippen LogP contribution < -0.4 is 5.32 Å².